The maximum atomic E-state index is 11.7. The second-order valence-electron chi connectivity index (χ2n) is 3.87. The van der Waals surface area contributed by atoms with E-state index in [4.69, 9.17) is 16.3 Å². The van der Waals surface area contributed by atoms with Crippen LogP contribution >= 0.6 is 11.6 Å². The first-order valence-electron chi connectivity index (χ1n) is 4.97. The van der Waals surface area contributed by atoms with Gasteiger partial charge >= 0.3 is 0 Å². The third-order valence-corrected chi connectivity index (χ3v) is 3.29. The van der Waals surface area contributed by atoms with Crippen molar-refractivity contribution in [2.24, 2.45) is 0 Å². The molecule has 1 aromatic carbocycles. The number of Topliss-reactive ketones (excluding diaryl/α,β-unsaturated/α-hetero) is 1. The Kier molecular flexibility index (Phi) is 2.70. The second-order valence-corrected chi connectivity index (χ2v) is 4.13. The van der Waals surface area contributed by atoms with Gasteiger partial charge in [0.05, 0.1) is 18.4 Å². The van der Waals surface area contributed by atoms with Crippen molar-refractivity contribution in [2.45, 2.75) is 18.3 Å². The number of alkyl halides is 1. The highest BCUT2D eigenvalue weighted by Crippen LogP contribution is 2.49. The summed E-state index contributed by atoms with van der Waals surface area (Å²) in [5.74, 6) is 1.05. The van der Waals surface area contributed by atoms with E-state index in [0.717, 1.165) is 24.2 Å². The minimum atomic E-state index is -0.284. The van der Waals surface area contributed by atoms with Crippen LogP contribution in [0.3, 0.4) is 0 Å². The molecule has 80 valence electrons. The number of halogens is 1. The van der Waals surface area contributed by atoms with Crippen molar-refractivity contribution in [3.05, 3.63) is 29.8 Å². The summed E-state index contributed by atoms with van der Waals surface area (Å²) < 4.78 is 5.08. The van der Waals surface area contributed by atoms with Crippen molar-refractivity contribution in [2.75, 3.05) is 13.0 Å². The summed E-state index contributed by atoms with van der Waals surface area (Å²) in [7, 11) is 1.63. The SMILES string of the molecule is COc1ccc(C2(C(=O)CCl)CC2)cc1. The number of rotatable bonds is 4. The van der Waals surface area contributed by atoms with Crippen LogP contribution in [0.25, 0.3) is 0 Å². The summed E-state index contributed by atoms with van der Waals surface area (Å²) in [6.45, 7) is 0. The molecule has 0 heterocycles. The van der Waals surface area contributed by atoms with Crippen molar-refractivity contribution in [3.8, 4) is 5.75 Å². The average molecular weight is 225 g/mol. The first-order chi connectivity index (χ1) is 7.23. The molecule has 0 saturated heterocycles. The van der Waals surface area contributed by atoms with Gasteiger partial charge in [-0.2, -0.15) is 0 Å². The molecule has 0 aliphatic heterocycles. The van der Waals surface area contributed by atoms with E-state index in [9.17, 15) is 4.79 Å². The number of ether oxygens (including phenoxy) is 1. The molecule has 0 spiro atoms. The number of benzene rings is 1. The molecule has 1 saturated carbocycles. The lowest BCUT2D eigenvalue weighted by Crippen LogP contribution is -2.21. The molecule has 2 rings (SSSR count). The van der Waals surface area contributed by atoms with E-state index in [-0.39, 0.29) is 17.1 Å². The highest BCUT2D eigenvalue weighted by Gasteiger charge is 2.50. The van der Waals surface area contributed by atoms with Crippen LogP contribution in [-0.4, -0.2) is 18.8 Å². The molecule has 1 aliphatic carbocycles. The van der Waals surface area contributed by atoms with Crippen LogP contribution in [0.1, 0.15) is 18.4 Å². The first kappa shape index (κ1) is 10.5. The Bertz CT molecular complexity index is 366. The number of carbonyl (C=O) groups excluding carboxylic acids is 1. The summed E-state index contributed by atoms with van der Waals surface area (Å²) in [5.41, 5.74) is 0.780. The molecule has 2 nitrogen and oxygen atoms in total. The fourth-order valence-electron chi connectivity index (χ4n) is 1.89. The molecule has 0 bridgehead atoms. The van der Waals surface area contributed by atoms with Crippen LogP contribution in [-0.2, 0) is 10.2 Å². The number of ketones is 1. The van der Waals surface area contributed by atoms with Crippen molar-refractivity contribution in [1.29, 1.82) is 0 Å². The number of methoxy groups -OCH3 is 1. The van der Waals surface area contributed by atoms with Crippen LogP contribution in [0.5, 0.6) is 5.75 Å². The van der Waals surface area contributed by atoms with Crippen LogP contribution in [0.4, 0.5) is 0 Å². The molecule has 0 aromatic heterocycles. The smallest absolute Gasteiger partial charge is 0.158 e. The van der Waals surface area contributed by atoms with E-state index in [0.29, 0.717) is 0 Å². The fraction of sp³-hybridized carbons (Fsp3) is 0.417. The topological polar surface area (TPSA) is 26.3 Å². The average Bonchev–Trinajstić information content (AvgIpc) is 3.09. The van der Waals surface area contributed by atoms with Gasteiger partial charge in [-0.1, -0.05) is 12.1 Å². The van der Waals surface area contributed by atoms with Crippen molar-refractivity contribution >= 4 is 17.4 Å². The van der Waals surface area contributed by atoms with Gasteiger partial charge in [0, 0.05) is 0 Å². The monoisotopic (exact) mass is 224 g/mol. The van der Waals surface area contributed by atoms with E-state index in [2.05, 4.69) is 0 Å². The lowest BCUT2D eigenvalue weighted by molar-refractivity contribution is -0.119. The lowest BCUT2D eigenvalue weighted by atomic mass is 9.92. The molecule has 3 heteroatoms. The van der Waals surface area contributed by atoms with E-state index in [1.54, 1.807) is 7.11 Å². The van der Waals surface area contributed by atoms with Gasteiger partial charge in [-0.25, -0.2) is 0 Å². The molecule has 15 heavy (non-hydrogen) atoms. The maximum Gasteiger partial charge on any atom is 0.158 e. The third-order valence-electron chi connectivity index (χ3n) is 3.05. The normalized spacial score (nSPS) is 17.2. The van der Waals surface area contributed by atoms with E-state index in [1.807, 2.05) is 24.3 Å². The number of hydrogen-bond acceptors (Lipinski definition) is 2. The van der Waals surface area contributed by atoms with Gasteiger partial charge in [0.25, 0.3) is 0 Å². The Morgan fingerprint density at radius 3 is 2.40 bits per heavy atom. The fourth-order valence-corrected chi connectivity index (χ4v) is 2.15. The zero-order valence-corrected chi connectivity index (χ0v) is 9.38. The van der Waals surface area contributed by atoms with Gasteiger partial charge in [0.1, 0.15) is 5.75 Å². The predicted octanol–water partition coefficient (Wildman–Crippen LogP) is 2.53. The van der Waals surface area contributed by atoms with Gasteiger partial charge in [-0.05, 0) is 30.5 Å². The van der Waals surface area contributed by atoms with Crippen molar-refractivity contribution < 1.29 is 9.53 Å². The Hall–Kier alpha value is -1.02. The summed E-state index contributed by atoms with van der Waals surface area (Å²) in [4.78, 5) is 11.7. The van der Waals surface area contributed by atoms with Crippen LogP contribution in [0, 0.1) is 0 Å². The summed E-state index contributed by atoms with van der Waals surface area (Å²) >= 11 is 5.61. The molecule has 0 N–H and O–H groups in total. The molecule has 0 atom stereocenters. The Morgan fingerprint density at radius 2 is 2.00 bits per heavy atom. The minimum absolute atomic E-state index is 0.103. The minimum Gasteiger partial charge on any atom is -0.497 e. The van der Waals surface area contributed by atoms with Crippen molar-refractivity contribution in [1.82, 2.24) is 0 Å². The zero-order valence-electron chi connectivity index (χ0n) is 8.63. The molecular formula is C12H13ClO2. The van der Waals surface area contributed by atoms with Gasteiger partial charge in [0.2, 0.25) is 0 Å². The maximum absolute atomic E-state index is 11.7. The molecule has 0 radical (unpaired) electrons. The van der Waals surface area contributed by atoms with E-state index in [1.165, 1.54) is 0 Å². The summed E-state index contributed by atoms with van der Waals surface area (Å²) in [5, 5.41) is 0. The van der Waals surface area contributed by atoms with Gasteiger partial charge < -0.3 is 4.74 Å². The highest BCUT2D eigenvalue weighted by atomic mass is 35.5. The van der Waals surface area contributed by atoms with E-state index < -0.39 is 0 Å². The Morgan fingerprint density at radius 1 is 1.40 bits per heavy atom. The quantitative estimate of drug-likeness (QED) is 0.735. The highest BCUT2D eigenvalue weighted by molar-refractivity contribution is 6.29. The van der Waals surface area contributed by atoms with E-state index >= 15 is 0 Å². The molecule has 1 fully saturated rings. The zero-order chi connectivity index (χ0) is 10.9. The van der Waals surface area contributed by atoms with Gasteiger partial charge in [-0.3, -0.25) is 4.79 Å². The molecule has 0 unspecified atom stereocenters. The Labute approximate surface area is 94.2 Å². The summed E-state index contributed by atoms with van der Waals surface area (Å²) in [6.07, 6.45) is 1.84. The molecule has 1 aliphatic rings. The number of carbonyl (C=O) groups is 1. The predicted molar refractivity (Wildman–Crippen MR) is 59.6 cm³/mol. The standard InChI is InChI=1S/C12H13ClO2/c1-15-10-4-2-9(3-5-10)12(6-7-12)11(14)8-13/h2-5H,6-8H2,1H3. The van der Waals surface area contributed by atoms with Crippen LogP contribution in [0.15, 0.2) is 24.3 Å². The third kappa shape index (κ3) is 1.74. The molecular weight excluding hydrogens is 212 g/mol. The molecule has 1 aromatic rings. The lowest BCUT2D eigenvalue weighted by Gasteiger charge is -2.13. The summed E-state index contributed by atoms with van der Waals surface area (Å²) in [6, 6.07) is 7.68. The van der Waals surface area contributed by atoms with Gasteiger partial charge in [-0.15, -0.1) is 11.6 Å². The van der Waals surface area contributed by atoms with Gasteiger partial charge in [0.15, 0.2) is 5.78 Å². The van der Waals surface area contributed by atoms with Crippen LogP contribution < -0.4 is 4.74 Å². The Balaban J connectivity index is 2.26. The molecule has 0 amide bonds. The number of hydrogen-bond donors (Lipinski definition) is 0. The first-order valence-corrected chi connectivity index (χ1v) is 5.50. The second kappa shape index (κ2) is 3.86. The van der Waals surface area contributed by atoms with Crippen LogP contribution in [0.2, 0.25) is 0 Å². The largest absolute Gasteiger partial charge is 0.497 e. The van der Waals surface area contributed by atoms with Crippen molar-refractivity contribution in [3.63, 3.8) is 0 Å².